The van der Waals surface area contributed by atoms with Gasteiger partial charge in [0, 0.05) is 5.54 Å². The third kappa shape index (κ3) is 3.34. The summed E-state index contributed by atoms with van der Waals surface area (Å²) in [4.78, 5) is 23.4. The molecule has 102 valence electrons. The molecular weight excluding hydrogens is 230 g/mol. The van der Waals surface area contributed by atoms with E-state index in [0.717, 1.165) is 12.8 Å². The van der Waals surface area contributed by atoms with E-state index in [4.69, 9.17) is 5.11 Å². The second-order valence-electron chi connectivity index (χ2n) is 5.25. The Kier molecular flexibility index (Phi) is 4.93. The molecule has 0 aromatic heterocycles. The van der Waals surface area contributed by atoms with Crippen molar-refractivity contribution in [3.63, 3.8) is 0 Å². The van der Waals surface area contributed by atoms with Crippen molar-refractivity contribution in [2.75, 3.05) is 0 Å². The smallest absolute Gasteiger partial charge is 0.307 e. The van der Waals surface area contributed by atoms with E-state index in [1.54, 1.807) is 0 Å². The van der Waals surface area contributed by atoms with Crippen molar-refractivity contribution >= 4 is 11.9 Å². The van der Waals surface area contributed by atoms with Gasteiger partial charge in [-0.25, -0.2) is 0 Å². The highest BCUT2D eigenvalue weighted by molar-refractivity contribution is 5.85. The summed E-state index contributed by atoms with van der Waals surface area (Å²) in [6.45, 7) is 6.05. The van der Waals surface area contributed by atoms with Crippen LogP contribution in [0.4, 0.5) is 0 Å². The van der Waals surface area contributed by atoms with Crippen LogP contribution in [0.25, 0.3) is 0 Å². The van der Waals surface area contributed by atoms with E-state index in [0.29, 0.717) is 12.8 Å². The molecule has 2 N–H and O–H groups in total. The first-order valence-corrected chi connectivity index (χ1v) is 6.63. The number of hydrogen-bond donors (Lipinski definition) is 2. The van der Waals surface area contributed by atoms with Crippen LogP contribution in [0.5, 0.6) is 0 Å². The van der Waals surface area contributed by atoms with Gasteiger partial charge in [0.25, 0.3) is 0 Å². The van der Waals surface area contributed by atoms with Crippen molar-refractivity contribution in [1.82, 2.24) is 5.32 Å². The van der Waals surface area contributed by atoms with Gasteiger partial charge in [-0.05, 0) is 32.6 Å². The molecule has 1 aliphatic rings. The maximum Gasteiger partial charge on any atom is 0.307 e. The zero-order valence-corrected chi connectivity index (χ0v) is 11.4. The monoisotopic (exact) mass is 253 g/mol. The summed E-state index contributed by atoms with van der Waals surface area (Å²) in [5, 5.41) is 12.2. The molecule has 0 saturated heterocycles. The lowest BCUT2D eigenvalue weighted by Gasteiger charge is -2.32. The highest BCUT2D eigenvalue weighted by Crippen LogP contribution is 2.27. The third-order valence-electron chi connectivity index (χ3n) is 4.07. The summed E-state index contributed by atoms with van der Waals surface area (Å²) < 4.78 is 0. The predicted octanol–water partition coefficient (Wildman–Crippen LogP) is 2.35. The maximum atomic E-state index is 12.2. The quantitative estimate of drug-likeness (QED) is 0.739. The van der Waals surface area contributed by atoms with Crippen LogP contribution in [0.15, 0.2) is 12.2 Å². The minimum Gasteiger partial charge on any atom is -0.481 e. The van der Waals surface area contributed by atoms with E-state index in [1.165, 1.54) is 0 Å². The fourth-order valence-corrected chi connectivity index (χ4v) is 2.19. The van der Waals surface area contributed by atoms with Crippen LogP contribution in [-0.4, -0.2) is 22.5 Å². The van der Waals surface area contributed by atoms with Gasteiger partial charge >= 0.3 is 5.97 Å². The fraction of sp³-hybridized carbons (Fsp3) is 0.714. The molecule has 0 aliphatic heterocycles. The Hall–Kier alpha value is -1.32. The van der Waals surface area contributed by atoms with Crippen molar-refractivity contribution in [3.8, 4) is 0 Å². The van der Waals surface area contributed by atoms with E-state index >= 15 is 0 Å². The van der Waals surface area contributed by atoms with Gasteiger partial charge in [0.05, 0.1) is 11.8 Å². The summed E-state index contributed by atoms with van der Waals surface area (Å²) in [5.41, 5.74) is -0.235. The van der Waals surface area contributed by atoms with Gasteiger partial charge in [-0.2, -0.15) is 0 Å². The number of carboxylic acid groups (broad SMARTS) is 1. The van der Waals surface area contributed by atoms with Crippen LogP contribution in [0.1, 0.15) is 46.5 Å². The lowest BCUT2D eigenvalue weighted by molar-refractivity contribution is -0.147. The molecule has 0 saturated carbocycles. The van der Waals surface area contributed by atoms with Crippen LogP contribution in [-0.2, 0) is 9.59 Å². The molecule has 1 aliphatic carbocycles. The summed E-state index contributed by atoms with van der Waals surface area (Å²) in [7, 11) is 0. The topological polar surface area (TPSA) is 66.4 Å². The number of amides is 1. The Morgan fingerprint density at radius 3 is 2.17 bits per heavy atom. The lowest BCUT2D eigenvalue weighted by atomic mass is 9.81. The molecule has 0 spiro atoms. The van der Waals surface area contributed by atoms with E-state index in [-0.39, 0.29) is 11.4 Å². The zero-order valence-electron chi connectivity index (χ0n) is 11.4. The van der Waals surface area contributed by atoms with Crippen molar-refractivity contribution in [3.05, 3.63) is 12.2 Å². The van der Waals surface area contributed by atoms with Gasteiger partial charge in [-0.1, -0.05) is 26.0 Å². The van der Waals surface area contributed by atoms with Crippen molar-refractivity contribution < 1.29 is 14.7 Å². The first-order valence-electron chi connectivity index (χ1n) is 6.63. The lowest BCUT2D eigenvalue weighted by Crippen LogP contribution is -2.49. The number of allylic oxidation sites excluding steroid dienone is 2. The molecule has 0 fully saturated rings. The number of carbonyl (C=O) groups is 2. The number of carbonyl (C=O) groups excluding carboxylic acids is 1. The summed E-state index contributed by atoms with van der Waals surface area (Å²) >= 11 is 0. The highest BCUT2D eigenvalue weighted by Gasteiger charge is 2.36. The number of carboxylic acids is 1. The first-order chi connectivity index (χ1) is 8.43. The second-order valence-corrected chi connectivity index (χ2v) is 5.25. The third-order valence-corrected chi connectivity index (χ3v) is 4.07. The normalized spacial score (nSPS) is 23.7. The molecule has 1 amide bonds. The minimum atomic E-state index is -0.880. The van der Waals surface area contributed by atoms with Crippen molar-refractivity contribution in [2.24, 2.45) is 11.8 Å². The molecule has 0 unspecified atom stereocenters. The molecule has 4 heteroatoms. The highest BCUT2D eigenvalue weighted by atomic mass is 16.4. The van der Waals surface area contributed by atoms with Crippen molar-refractivity contribution in [2.45, 2.75) is 52.0 Å². The van der Waals surface area contributed by atoms with Gasteiger partial charge in [-0.15, -0.1) is 0 Å². The second kappa shape index (κ2) is 6.03. The van der Waals surface area contributed by atoms with E-state index in [2.05, 4.69) is 5.32 Å². The van der Waals surface area contributed by atoms with Crippen LogP contribution >= 0.6 is 0 Å². The number of nitrogens with one attached hydrogen (secondary N) is 1. The molecule has 4 nitrogen and oxygen atoms in total. The molecule has 18 heavy (non-hydrogen) atoms. The van der Waals surface area contributed by atoms with E-state index in [9.17, 15) is 9.59 Å². The molecule has 1 rings (SSSR count). The summed E-state index contributed by atoms with van der Waals surface area (Å²) in [6.07, 6.45) is 6.40. The number of aliphatic carboxylic acids is 1. The van der Waals surface area contributed by atoms with Crippen LogP contribution in [0.3, 0.4) is 0 Å². The zero-order chi connectivity index (χ0) is 13.8. The number of rotatable bonds is 5. The largest absolute Gasteiger partial charge is 0.481 e. The van der Waals surface area contributed by atoms with E-state index in [1.807, 2.05) is 32.9 Å². The average Bonchev–Trinajstić information content (AvgIpc) is 2.38. The van der Waals surface area contributed by atoms with Gasteiger partial charge in [0.1, 0.15) is 0 Å². The Morgan fingerprint density at radius 2 is 1.72 bits per heavy atom. The SMILES string of the molecule is CCC(C)(CC)NC(=O)[C@@H]1CC=CC[C@@H]1C(=O)O. The molecule has 0 aromatic rings. The molecule has 0 heterocycles. The predicted molar refractivity (Wildman–Crippen MR) is 70.1 cm³/mol. The van der Waals surface area contributed by atoms with E-state index < -0.39 is 17.8 Å². The first kappa shape index (κ1) is 14.7. The van der Waals surface area contributed by atoms with Crippen molar-refractivity contribution in [1.29, 1.82) is 0 Å². The van der Waals surface area contributed by atoms with Gasteiger partial charge in [0.2, 0.25) is 5.91 Å². The van der Waals surface area contributed by atoms with Crippen LogP contribution in [0, 0.1) is 11.8 Å². The Bertz CT molecular complexity index is 345. The Balaban J connectivity index is 2.76. The Morgan fingerprint density at radius 1 is 1.22 bits per heavy atom. The van der Waals surface area contributed by atoms with Gasteiger partial charge < -0.3 is 10.4 Å². The summed E-state index contributed by atoms with van der Waals surface area (Å²) in [6, 6.07) is 0. The summed E-state index contributed by atoms with van der Waals surface area (Å²) in [5.74, 6) is -2.04. The van der Waals surface area contributed by atoms with Gasteiger partial charge in [-0.3, -0.25) is 9.59 Å². The Labute approximate surface area is 108 Å². The fourth-order valence-electron chi connectivity index (χ4n) is 2.19. The number of hydrogen-bond acceptors (Lipinski definition) is 2. The standard InChI is InChI=1S/C14H23NO3/c1-4-14(3,5-2)15-12(16)10-8-6-7-9-11(10)13(17)18/h6-7,10-11H,4-5,8-9H2,1-3H3,(H,15,16)(H,17,18)/t10-,11+/m1/s1. The molecular formula is C14H23NO3. The molecule has 0 aromatic carbocycles. The van der Waals surface area contributed by atoms with Crippen LogP contribution < -0.4 is 5.32 Å². The molecule has 0 bridgehead atoms. The van der Waals surface area contributed by atoms with Crippen LogP contribution in [0.2, 0.25) is 0 Å². The minimum absolute atomic E-state index is 0.127. The van der Waals surface area contributed by atoms with Gasteiger partial charge in [0.15, 0.2) is 0 Å². The maximum absolute atomic E-state index is 12.2. The average molecular weight is 253 g/mol. The molecule has 0 radical (unpaired) electrons. The molecule has 2 atom stereocenters.